The highest BCUT2D eigenvalue weighted by atomic mass is 32.2. The zero-order valence-corrected chi connectivity index (χ0v) is 15.1. The van der Waals surface area contributed by atoms with Gasteiger partial charge >= 0.3 is 12.0 Å². The van der Waals surface area contributed by atoms with E-state index in [1.807, 2.05) is 24.5 Å². The number of esters is 1. The van der Waals surface area contributed by atoms with Crippen LogP contribution in [0.25, 0.3) is 0 Å². The summed E-state index contributed by atoms with van der Waals surface area (Å²) >= 11 is 1.50. The minimum absolute atomic E-state index is 0.254. The summed E-state index contributed by atoms with van der Waals surface area (Å²) in [5.41, 5.74) is 6.39. The summed E-state index contributed by atoms with van der Waals surface area (Å²) in [6, 6.07) is 12.6. The van der Waals surface area contributed by atoms with Gasteiger partial charge in [-0.3, -0.25) is 4.79 Å². The number of hydrogen-bond donors (Lipinski definition) is 3. The SMILES string of the molecule is CSc1ccccc1NC(=O)[C@H](C)OC(=O)c1ccc(NC(N)=O)cc1. The summed E-state index contributed by atoms with van der Waals surface area (Å²) < 4.78 is 5.20. The lowest BCUT2D eigenvalue weighted by molar-refractivity contribution is -0.123. The summed E-state index contributed by atoms with van der Waals surface area (Å²) in [7, 11) is 0. The third-order valence-corrected chi connectivity index (χ3v) is 4.20. The number of urea groups is 1. The molecular weight excluding hydrogens is 354 g/mol. The van der Waals surface area contributed by atoms with Crippen LogP contribution >= 0.6 is 11.8 Å². The van der Waals surface area contributed by atoms with Crippen LogP contribution in [0.4, 0.5) is 16.2 Å². The van der Waals surface area contributed by atoms with Gasteiger partial charge in [-0.25, -0.2) is 9.59 Å². The Morgan fingerprint density at radius 3 is 2.31 bits per heavy atom. The zero-order valence-electron chi connectivity index (χ0n) is 14.3. The first-order valence-corrected chi connectivity index (χ1v) is 8.94. The van der Waals surface area contributed by atoms with E-state index in [-0.39, 0.29) is 5.56 Å². The molecular formula is C18H19N3O4S. The van der Waals surface area contributed by atoms with Gasteiger partial charge in [-0.1, -0.05) is 12.1 Å². The second kappa shape index (κ2) is 8.91. The smallest absolute Gasteiger partial charge is 0.338 e. The van der Waals surface area contributed by atoms with Gasteiger partial charge in [0, 0.05) is 10.6 Å². The molecule has 0 aromatic heterocycles. The molecule has 2 aromatic rings. The summed E-state index contributed by atoms with van der Waals surface area (Å²) in [6.07, 6.45) is 0.936. The number of nitrogens with one attached hydrogen (secondary N) is 2. The molecule has 1 atom stereocenters. The lowest BCUT2D eigenvalue weighted by Gasteiger charge is -2.15. The zero-order chi connectivity index (χ0) is 19.1. The number of carbonyl (C=O) groups excluding carboxylic acids is 3. The highest BCUT2D eigenvalue weighted by molar-refractivity contribution is 7.98. The van der Waals surface area contributed by atoms with E-state index in [1.54, 1.807) is 6.07 Å². The van der Waals surface area contributed by atoms with Crippen LogP contribution in [0.2, 0.25) is 0 Å². The van der Waals surface area contributed by atoms with Crippen molar-refractivity contribution in [1.82, 2.24) is 0 Å². The number of rotatable bonds is 6. The molecule has 2 aromatic carbocycles. The molecule has 26 heavy (non-hydrogen) atoms. The number of amides is 3. The van der Waals surface area contributed by atoms with E-state index in [2.05, 4.69) is 10.6 Å². The molecule has 0 aliphatic carbocycles. The van der Waals surface area contributed by atoms with Crippen molar-refractivity contribution in [3.05, 3.63) is 54.1 Å². The first-order chi connectivity index (χ1) is 12.4. The molecule has 4 N–H and O–H groups in total. The Balaban J connectivity index is 1.97. The van der Waals surface area contributed by atoms with Crippen molar-refractivity contribution in [2.45, 2.75) is 17.9 Å². The highest BCUT2D eigenvalue weighted by Crippen LogP contribution is 2.24. The van der Waals surface area contributed by atoms with E-state index in [0.29, 0.717) is 11.4 Å². The molecule has 0 saturated carbocycles. The molecule has 8 heteroatoms. The Kier molecular flexibility index (Phi) is 6.62. The van der Waals surface area contributed by atoms with Crippen LogP contribution in [0.3, 0.4) is 0 Å². The van der Waals surface area contributed by atoms with E-state index in [9.17, 15) is 14.4 Å². The van der Waals surface area contributed by atoms with Crippen molar-refractivity contribution in [3.8, 4) is 0 Å². The Bertz CT molecular complexity index is 808. The van der Waals surface area contributed by atoms with Gasteiger partial charge in [-0.05, 0) is 49.6 Å². The fourth-order valence-corrected chi connectivity index (χ4v) is 2.65. The van der Waals surface area contributed by atoms with Crippen LogP contribution in [-0.2, 0) is 9.53 Å². The van der Waals surface area contributed by atoms with Gasteiger partial charge in [0.2, 0.25) is 0 Å². The number of hydrogen-bond acceptors (Lipinski definition) is 5. The number of nitrogens with two attached hydrogens (primary N) is 1. The van der Waals surface area contributed by atoms with Crippen LogP contribution in [0.5, 0.6) is 0 Å². The largest absolute Gasteiger partial charge is 0.449 e. The molecule has 0 fully saturated rings. The summed E-state index contributed by atoms with van der Waals surface area (Å²) in [6.45, 7) is 1.50. The van der Waals surface area contributed by atoms with E-state index in [1.165, 1.54) is 43.0 Å². The first-order valence-electron chi connectivity index (χ1n) is 7.72. The topological polar surface area (TPSA) is 111 Å². The molecule has 7 nitrogen and oxygen atoms in total. The number of thioether (sulfide) groups is 1. The second-order valence-electron chi connectivity index (χ2n) is 5.30. The third kappa shape index (κ3) is 5.25. The van der Waals surface area contributed by atoms with Crippen molar-refractivity contribution < 1.29 is 19.1 Å². The minimum atomic E-state index is -0.971. The van der Waals surface area contributed by atoms with E-state index < -0.39 is 24.0 Å². The quantitative estimate of drug-likeness (QED) is 0.532. The fourth-order valence-electron chi connectivity index (χ4n) is 2.10. The molecule has 2 rings (SSSR count). The Morgan fingerprint density at radius 1 is 1.04 bits per heavy atom. The van der Waals surface area contributed by atoms with Gasteiger partial charge in [0.25, 0.3) is 5.91 Å². The number of anilines is 2. The van der Waals surface area contributed by atoms with Crippen molar-refractivity contribution in [3.63, 3.8) is 0 Å². The number of para-hydroxylation sites is 1. The molecule has 136 valence electrons. The number of ether oxygens (including phenoxy) is 1. The van der Waals surface area contributed by atoms with Gasteiger partial charge in [-0.15, -0.1) is 11.8 Å². The van der Waals surface area contributed by atoms with Gasteiger partial charge < -0.3 is 21.1 Å². The first kappa shape index (κ1) is 19.3. The van der Waals surface area contributed by atoms with E-state index in [4.69, 9.17) is 10.5 Å². The van der Waals surface area contributed by atoms with Crippen molar-refractivity contribution in [1.29, 1.82) is 0 Å². The van der Waals surface area contributed by atoms with Crippen molar-refractivity contribution in [2.24, 2.45) is 5.73 Å². The van der Waals surface area contributed by atoms with Crippen LogP contribution < -0.4 is 16.4 Å². The summed E-state index contributed by atoms with van der Waals surface area (Å²) in [4.78, 5) is 36.1. The maximum atomic E-state index is 12.3. The van der Waals surface area contributed by atoms with E-state index >= 15 is 0 Å². The average Bonchev–Trinajstić information content (AvgIpc) is 2.62. The summed E-state index contributed by atoms with van der Waals surface area (Å²) in [5.74, 6) is -1.07. The predicted molar refractivity (Wildman–Crippen MR) is 101 cm³/mol. The molecule has 0 spiro atoms. The Morgan fingerprint density at radius 2 is 1.69 bits per heavy atom. The fraction of sp³-hybridized carbons (Fsp3) is 0.167. The summed E-state index contributed by atoms with van der Waals surface area (Å²) in [5, 5.41) is 5.14. The molecule has 0 unspecified atom stereocenters. The maximum Gasteiger partial charge on any atom is 0.338 e. The molecule has 0 heterocycles. The molecule has 0 bridgehead atoms. The number of primary amides is 1. The van der Waals surface area contributed by atoms with Crippen LogP contribution in [0.15, 0.2) is 53.4 Å². The average molecular weight is 373 g/mol. The van der Waals surface area contributed by atoms with Crippen LogP contribution in [-0.4, -0.2) is 30.3 Å². The van der Waals surface area contributed by atoms with Gasteiger partial charge in [0.15, 0.2) is 6.10 Å². The highest BCUT2D eigenvalue weighted by Gasteiger charge is 2.19. The van der Waals surface area contributed by atoms with Gasteiger partial charge in [-0.2, -0.15) is 0 Å². The monoisotopic (exact) mass is 373 g/mol. The van der Waals surface area contributed by atoms with Crippen LogP contribution in [0, 0.1) is 0 Å². The molecule has 0 radical (unpaired) electrons. The number of carbonyl (C=O) groups is 3. The standard InChI is InChI=1S/C18H19N3O4S/c1-11(16(22)21-14-5-3-4-6-15(14)26-2)25-17(23)12-7-9-13(10-8-12)20-18(19)24/h3-11H,1-2H3,(H,21,22)(H3,19,20,24)/t11-/m0/s1. The lowest BCUT2D eigenvalue weighted by Crippen LogP contribution is -2.30. The molecule has 3 amide bonds. The van der Waals surface area contributed by atoms with Gasteiger partial charge in [0.05, 0.1) is 11.3 Å². The molecule has 0 aliphatic rings. The Labute approximate surface area is 155 Å². The second-order valence-corrected chi connectivity index (χ2v) is 6.15. The van der Waals surface area contributed by atoms with Crippen molar-refractivity contribution >= 4 is 41.0 Å². The van der Waals surface area contributed by atoms with Gasteiger partial charge in [0.1, 0.15) is 0 Å². The Hall–Kier alpha value is -3.00. The van der Waals surface area contributed by atoms with Crippen LogP contribution in [0.1, 0.15) is 17.3 Å². The van der Waals surface area contributed by atoms with Crippen molar-refractivity contribution in [2.75, 3.05) is 16.9 Å². The molecule has 0 aliphatic heterocycles. The normalized spacial score (nSPS) is 11.3. The van der Waals surface area contributed by atoms with E-state index in [0.717, 1.165) is 4.90 Å². The predicted octanol–water partition coefficient (Wildman–Crippen LogP) is 3.08. The molecule has 0 saturated heterocycles. The minimum Gasteiger partial charge on any atom is -0.449 e. The number of benzene rings is 2. The maximum absolute atomic E-state index is 12.3. The lowest BCUT2D eigenvalue weighted by atomic mass is 10.2. The third-order valence-electron chi connectivity index (χ3n) is 3.41.